The van der Waals surface area contributed by atoms with Gasteiger partial charge in [-0.1, -0.05) is 0 Å². The van der Waals surface area contributed by atoms with Crippen molar-refractivity contribution in [1.29, 1.82) is 0 Å². The Morgan fingerprint density at radius 1 is 1.53 bits per heavy atom. The number of nitrogen functional groups attached to an aromatic ring is 1. The van der Waals surface area contributed by atoms with Crippen molar-refractivity contribution in [3.63, 3.8) is 0 Å². The zero-order valence-electron chi connectivity index (χ0n) is 10.8. The van der Waals surface area contributed by atoms with Crippen LogP contribution in [-0.2, 0) is 0 Å². The topological polar surface area (TPSA) is 105 Å². The molecule has 0 amide bonds. The first-order valence-corrected chi connectivity index (χ1v) is 6.15. The maximum Gasteiger partial charge on any atom is 0.273 e. The minimum absolute atomic E-state index is 0.0179. The second-order valence-corrected chi connectivity index (χ2v) is 5.16. The van der Waals surface area contributed by atoms with Gasteiger partial charge in [0.2, 0.25) is 0 Å². The van der Waals surface area contributed by atoms with Crippen molar-refractivity contribution in [1.82, 2.24) is 0 Å². The van der Waals surface area contributed by atoms with Crippen LogP contribution in [0.1, 0.15) is 19.8 Å². The van der Waals surface area contributed by atoms with Crippen molar-refractivity contribution in [2.24, 2.45) is 5.84 Å². The lowest BCUT2D eigenvalue weighted by Crippen LogP contribution is -2.46. The number of nitrogens with one attached hydrogen (secondary N) is 1. The van der Waals surface area contributed by atoms with Gasteiger partial charge in [0.05, 0.1) is 16.2 Å². The van der Waals surface area contributed by atoms with Gasteiger partial charge < -0.3 is 15.4 Å². The molecule has 1 aliphatic rings. The van der Waals surface area contributed by atoms with Gasteiger partial charge >= 0.3 is 0 Å². The van der Waals surface area contributed by atoms with Crippen LogP contribution >= 0.6 is 0 Å². The molecule has 1 heterocycles. The fraction of sp³-hybridized carbons (Fsp3) is 0.500. The van der Waals surface area contributed by atoms with Gasteiger partial charge in [-0.3, -0.25) is 16.0 Å². The number of hydrazine groups is 1. The molecule has 19 heavy (non-hydrogen) atoms. The van der Waals surface area contributed by atoms with Crippen molar-refractivity contribution >= 4 is 17.1 Å². The lowest BCUT2D eigenvalue weighted by atomic mass is 9.94. The summed E-state index contributed by atoms with van der Waals surface area (Å²) >= 11 is 0. The summed E-state index contributed by atoms with van der Waals surface area (Å²) in [6.45, 7) is 3.00. The summed E-state index contributed by atoms with van der Waals surface area (Å²) in [6, 6.07) is 4.63. The number of hydrogen-bond acceptors (Lipinski definition) is 6. The molecular weight excluding hydrogens is 248 g/mol. The Labute approximate surface area is 111 Å². The van der Waals surface area contributed by atoms with E-state index in [2.05, 4.69) is 5.43 Å². The molecule has 1 atom stereocenters. The van der Waals surface area contributed by atoms with Crippen LogP contribution < -0.4 is 16.2 Å². The number of hydrogen-bond donors (Lipinski definition) is 3. The first kappa shape index (κ1) is 13.6. The predicted molar refractivity (Wildman–Crippen MR) is 73.0 cm³/mol. The van der Waals surface area contributed by atoms with Gasteiger partial charge in [-0.05, 0) is 25.8 Å². The van der Waals surface area contributed by atoms with Crippen LogP contribution in [-0.4, -0.2) is 28.7 Å². The molecule has 0 aliphatic carbocycles. The van der Waals surface area contributed by atoms with Crippen molar-refractivity contribution in [2.45, 2.75) is 25.4 Å². The molecule has 104 valence electrons. The smallest absolute Gasteiger partial charge is 0.273 e. The van der Waals surface area contributed by atoms with E-state index >= 15 is 0 Å². The van der Waals surface area contributed by atoms with Gasteiger partial charge in [0.1, 0.15) is 0 Å². The van der Waals surface area contributed by atoms with E-state index in [1.54, 1.807) is 13.0 Å². The third-order valence-electron chi connectivity index (χ3n) is 3.32. The summed E-state index contributed by atoms with van der Waals surface area (Å²) in [5.74, 6) is 5.33. The molecule has 2 rings (SSSR count). The van der Waals surface area contributed by atoms with Crippen LogP contribution in [0.2, 0.25) is 0 Å². The Bertz CT molecular complexity index is 490. The monoisotopic (exact) mass is 266 g/mol. The number of benzene rings is 1. The van der Waals surface area contributed by atoms with Crippen molar-refractivity contribution in [3.8, 4) is 0 Å². The van der Waals surface area contributed by atoms with E-state index in [1.807, 2.05) is 4.90 Å². The molecule has 1 aromatic rings. The van der Waals surface area contributed by atoms with Gasteiger partial charge in [0.25, 0.3) is 5.69 Å². The minimum atomic E-state index is -0.765. The summed E-state index contributed by atoms with van der Waals surface area (Å²) < 4.78 is 0. The van der Waals surface area contributed by atoms with Crippen molar-refractivity contribution in [2.75, 3.05) is 23.4 Å². The lowest BCUT2D eigenvalue weighted by Gasteiger charge is -2.38. The number of rotatable bonds is 3. The number of nitrogens with zero attached hydrogens (tertiary/aromatic N) is 2. The number of anilines is 2. The first-order chi connectivity index (χ1) is 8.91. The quantitative estimate of drug-likeness (QED) is 0.432. The molecule has 0 bridgehead atoms. The molecule has 0 saturated carbocycles. The summed E-state index contributed by atoms with van der Waals surface area (Å²) in [7, 11) is 0. The van der Waals surface area contributed by atoms with E-state index in [9.17, 15) is 15.2 Å². The molecule has 1 aromatic carbocycles. The summed E-state index contributed by atoms with van der Waals surface area (Å²) in [6.07, 6.45) is 1.58. The zero-order chi connectivity index (χ0) is 14.0. The Hall–Kier alpha value is -1.86. The number of piperidine rings is 1. The zero-order valence-corrected chi connectivity index (χ0v) is 10.8. The summed E-state index contributed by atoms with van der Waals surface area (Å²) in [5, 5.41) is 21.0. The van der Waals surface area contributed by atoms with E-state index < -0.39 is 10.5 Å². The van der Waals surface area contributed by atoms with Crippen molar-refractivity contribution < 1.29 is 10.0 Å². The van der Waals surface area contributed by atoms with Crippen LogP contribution in [0.15, 0.2) is 18.2 Å². The van der Waals surface area contributed by atoms with Gasteiger partial charge in [0, 0.05) is 30.9 Å². The Balaban J connectivity index is 2.33. The van der Waals surface area contributed by atoms with E-state index in [-0.39, 0.29) is 5.69 Å². The summed E-state index contributed by atoms with van der Waals surface area (Å²) in [4.78, 5) is 12.4. The molecule has 0 spiro atoms. The van der Waals surface area contributed by atoms with Crippen LogP contribution in [0.4, 0.5) is 17.1 Å². The molecule has 1 aliphatic heterocycles. The van der Waals surface area contributed by atoms with Gasteiger partial charge in [-0.2, -0.15) is 0 Å². The minimum Gasteiger partial charge on any atom is -0.388 e. The van der Waals surface area contributed by atoms with E-state index in [1.165, 1.54) is 12.1 Å². The number of nitro groups is 1. The highest BCUT2D eigenvalue weighted by molar-refractivity contribution is 5.64. The molecule has 1 fully saturated rings. The molecule has 0 aromatic heterocycles. The standard InChI is InChI=1S/C12H18N4O3/c1-12(17)3-2-4-15(8-12)10-5-9(14-13)6-11(7-10)16(18)19/h5-7,14,17H,2-4,8,13H2,1H3. The van der Waals surface area contributed by atoms with Gasteiger partial charge in [0.15, 0.2) is 0 Å². The number of nitro benzene ring substituents is 1. The van der Waals surface area contributed by atoms with Crippen LogP contribution in [0.25, 0.3) is 0 Å². The Kier molecular flexibility index (Phi) is 3.59. The third-order valence-corrected chi connectivity index (χ3v) is 3.32. The Morgan fingerprint density at radius 3 is 2.84 bits per heavy atom. The molecule has 7 nitrogen and oxygen atoms in total. The maximum absolute atomic E-state index is 10.9. The number of nitrogens with two attached hydrogens (primary N) is 1. The fourth-order valence-corrected chi connectivity index (χ4v) is 2.41. The van der Waals surface area contributed by atoms with Crippen molar-refractivity contribution in [3.05, 3.63) is 28.3 Å². The lowest BCUT2D eigenvalue weighted by molar-refractivity contribution is -0.384. The fourth-order valence-electron chi connectivity index (χ4n) is 2.41. The maximum atomic E-state index is 10.9. The van der Waals surface area contributed by atoms with Gasteiger partial charge in [-0.15, -0.1) is 0 Å². The molecule has 7 heteroatoms. The largest absolute Gasteiger partial charge is 0.388 e. The Morgan fingerprint density at radius 2 is 2.26 bits per heavy atom. The van der Waals surface area contributed by atoms with Crippen LogP contribution in [0.3, 0.4) is 0 Å². The molecule has 1 saturated heterocycles. The average molecular weight is 266 g/mol. The van der Waals surface area contributed by atoms with E-state index in [0.717, 1.165) is 19.4 Å². The second kappa shape index (κ2) is 5.02. The number of β-amino-alcohol motifs (C(OH)–C–C–N with tert-alkyl or cyclic N) is 1. The van der Waals surface area contributed by atoms with E-state index in [4.69, 9.17) is 5.84 Å². The number of non-ortho nitro benzene ring substituents is 1. The summed E-state index contributed by atoms with van der Waals surface area (Å²) in [5.41, 5.74) is 2.82. The van der Waals surface area contributed by atoms with Crippen LogP contribution in [0, 0.1) is 10.1 Å². The van der Waals surface area contributed by atoms with Crippen LogP contribution in [0.5, 0.6) is 0 Å². The highest BCUT2D eigenvalue weighted by Crippen LogP contribution is 2.30. The SMILES string of the molecule is CC1(O)CCCN(c2cc(NN)cc([N+](=O)[O-])c2)C1. The van der Waals surface area contributed by atoms with Gasteiger partial charge in [-0.25, -0.2) is 0 Å². The molecule has 4 N–H and O–H groups in total. The molecule has 1 unspecified atom stereocenters. The highest BCUT2D eigenvalue weighted by atomic mass is 16.6. The third kappa shape index (κ3) is 3.12. The normalized spacial score (nSPS) is 23.2. The first-order valence-electron chi connectivity index (χ1n) is 6.15. The average Bonchev–Trinajstić information content (AvgIpc) is 2.37. The molecular formula is C12H18N4O3. The number of aliphatic hydroxyl groups is 1. The predicted octanol–water partition coefficient (Wildman–Crippen LogP) is 1.23. The highest BCUT2D eigenvalue weighted by Gasteiger charge is 2.29. The van der Waals surface area contributed by atoms with E-state index in [0.29, 0.717) is 17.9 Å². The second-order valence-electron chi connectivity index (χ2n) is 5.16. The molecule has 0 radical (unpaired) electrons.